The Labute approximate surface area is 104 Å². The van der Waals surface area contributed by atoms with E-state index < -0.39 is 0 Å². The van der Waals surface area contributed by atoms with Crippen LogP contribution in [0.1, 0.15) is 40.5 Å². The Balaban J connectivity index is 2.07. The van der Waals surface area contributed by atoms with Crippen LogP contribution in [0.5, 0.6) is 0 Å². The first-order valence-corrected chi connectivity index (χ1v) is 6.75. The van der Waals surface area contributed by atoms with Gasteiger partial charge in [0.1, 0.15) is 0 Å². The molecule has 0 amide bonds. The number of carbonyl (C=O) groups is 1. The van der Waals surface area contributed by atoms with Crippen LogP contribution in [0, 0.1) is 28.6 Å². The van der Waals surface area contributed by atoms with E-state index in [0.29, 0.717) is 23.0 Å². The first-order valence-electron chi connectivity index (χ1n) is 6.75. The highest BCUT2D eigenvalue weighted by Crippen LogP contribution is 2.61. The molecule has 3 atom stereocenters. The SMILES string of the molecule is CC1(C)CC=C2C(C1)C1C=CC(=O)C1C2(C)C. The van der Waals surface area contributed by atoms with Crippen LogP contribution in [-0.2, 0) is 4.79 Å². The van der Waals surface area contributed by atoms with Gasteiger partial charge >= 0.3 is 0 Å². The largest absolute Gasteiger partial charge is 0.295 e. The van der Waals surface area contributed by atoms with Gasteiger partial charge < -0.3 is 0 Å². The minimum absolute atomic E-state index is 0.0758. The van der Waals surface area contributed by atoms with Gasteiger partial charge in [-0.3, -0.25) is 4.79 Å². The maximum absolute atomic E-state index is 12.1. The van der Waals surface area contributed by atoms with Crippen LogP contribution in [-0.4, -0.2) is 5.78 Å². The smallest absolute Gasteiger partial charge is 0.159 e. The number of fused-ring (bicyclic) bond motifs is 3. The molecule has 0 aromatic carbocycles. The van der Waals surface area contributed by atoms with Crippen LogP contribution < -0.4 is 0 Å². The summed E-state index contributed by atoms with van der Waals surface area (Å²) in [7, 11) is 0. The van der Waals surface area contributed by atoms with E-state index in [1.807, 2.05) is 6.08 Å². The third-order valence-corrected chi connectivity index (χ3v) is 5.21. The van der Waals surface area contributed by atoms with E-state index in [-0.39, 0.29) is 11.3 Å². The molecule has 3 rings (SSSR count). The molecule has 1 heteroatoms. The number of rotatable bonds is 0. The van der Waals surface area contributed by atoms with E-state index in [1.54, 1.807) is 5.57 Å². The molecule has 0 heterocycles. The minimum Gasteiger partial charge on any atom is -0.295 e. The Bertz CT molecular complexity index is 436. The third kappa shape index (κ3) is 1.41. The molecule has 1 fully saturated rings. The lowest BCUT2D eigenvalue weighted by Gasteiger charge is -2.36. The van der Waals surface area contributed by atoms with Crippen LogP contribution in [0.4, 0.5) is 0 Å². The molecule has 1 saturated carbocycles. The summed E-state index contributed by atoms with van der Waals surface area (Å²) in [5, 5.41) is 0. The van der Waals surface area contributed by atoms with Crippen LogP contribution in [0.3, 0.4) is 0 Å². The third-order valence-electron chi connectivity index (χ3n) is 5.21. The van der Waals surface area contributed by atoms with Crippen molar-refractivity contribution in [1.82, 2.24) is 0 Å². The Morgan fingerprint density at radius 1 is 1.24 bits per heavy atom. The lowest BCUT2D eigenvalue weighted by Crippen LogP contribution is -2.27. The quantitative estimate of drug-likeness (QED) is 0.579. The summed E-state index contributed by atoms with van der Waals surface area (Å²) in [5.74, 6) is 1.66. The number of allylic oxidation sites excluding steroid dienone is 4. The van der Waals surface area contributed by atoms with Crippen molar-refractivity contribution >= 4 is 5.78 Å². The fourth-order valence-corrected chi connectivity index (χ4v) is 4.40. The average Bonchev–Trinajstić information content (AvgIpc) is 2.66. The van der Waals surface area contributed by atoms with Crippen molar-refractivity contribution < 1.29 is 4.79 Å². The minimum atomic E-state index is 0.0758. The maximum atomic E-state index is 12.1. The molecule has 0 bridgehead atoms. The summed E-state index contributed by atoms with van der Waals surface area (Å²) in [6, 6.07) is 0. The van der Waals surface area contributed by atoms with Gasteiger partial charge in [-0.2, -0.15) is 0 Å². The van der Waals surface area contributed by atoms with Gasteiger partial charge in [0.05, 0.1) is 0 Å². The topological polar surface area (TPSA) is 17.1 Å². The monoisotopic (exact) mass is 230 g/mol. The second kappa shape index (κ2) is 3.13. The number of hydrogen-bond donors (Lipinski definition) is 0. The Kier molecular flexibility index (Phi) is 2.07. The fourth-order valence-electron chi connectivity index (χ4n) is 4.40. The molecule has 0 spiro atoms. The Morgan fingerprint density at radius 2 is 1.94 bits per heavy atom. The molecular formula is C16H22O. The lowest BCUT2D eigenvalue weighted by molar-refractivity contribution is -0.120. The molecule has 0 radical (unpaired) electrons. The predicted octanol–water partition coefficient (Wildman–Crippen LogP) is 3.76. The van der Waals surface area contributed by atoms with Gasteiger partial charge in [-0.15, -0.1) is 0 Å². The van der Waals surface area contributed by atoms with Crippen molar-refractivity contribution in [3.63, 3.8) is 0 Å². The molecule has 0 saturated heterocycles. The van der Waals surface area contributed by atoms with Crippen LogP contribution >= 0.6 is 0 Å². The molecule has 1 nitrogen and oxygen atoms in total. The van der Waals surface area contributed by atoms with Gasteiger partial charge in [-0.1, -0.05) is 45.4 Å². The van der Waals surface area contributed by atoms with E-state index >= 15 is 0 Å². The molecule has 0 N–H and O–H groups in total. The highest BCUT2D eigenvalue weighted by Gasteiger charge is 2.56. The summed E-state index contributed by atoms with van der Waals surface area (Å²) in [6.45, 7) is 9.22. The standard InChI is InChI=1S/C16H22O/c1-15(2)8-7-12-11(9-15)10-5-6-13(17)14(10)16(12,3)4/h5-7,10-11,14H,8-9H2,1-4H3. The second-order valence-corrected chi connectivity index (χ2v) is 7.38. The van der Waals surface area contributed by atoms with Gasteiger partial charge in [0.2, 0.25) is 0 Å². The molecule has 92 valence electrons. The second-order valence-electron chi connectivity index (χ2n) is 7.38. The van der Waals surface area contributed by atoms with Crippen molar-refractivity contribution in [2.75, 3.05) is 0 Å². The summed E-state index contributed by atoms with van der Waals surface area (Å²) >= 11 is 0. The molecule has 0 aromatic rings. The average molecular weight is 230 g/mol. The first kappa shape index (κ1) is 11.3. The summed E-state index contributed by atoms with van der Waals surface area (Å²) in [5.41, 5.74) is 2.04. The molecule has 0 aromatic heterocycles. The van der Waals surface area contributed by atoms with E-state index in [2.05, 4.69) is 39.8 Å². The summed E-state index contributed by atoms with van der Waals surface area (Å²) < 4.78 is 0. The van der Waals surface area contributed by atoms with Crippen LogP contribution in [0.15, 0.2) is 23.8 Å². The molecule has 3 aliphatic rings. The van der Waals surface area contributed by atoms with E-state index in [1.165, 1.54) is 12.8 Å². The number of hydrogen-bond acceptors (Lipinski definition) is 1. The van der Waals surface area contributed by atoms with Crippen molar-refractivity contribution in [2.24, 2.45) is 28.6 Å². The fraction of sp³-hybridized carbons (Fsp3) is 0.688. The van der Waals surface area contributed by atoms with E-state index in [4.69, 9.17) is 0 Å². The van der Waals surface area contributed by atoms with Crippen molar-refractivity contribution in [3.05, 3.63) is 23.8 Å². The van der Waals surface area contributed by atoms with Crippen molar-refractivity contribution in [3.8, 4) is 0 Å². The highest BCUT2D eigenvalue weighted by molar-refractivity contribution is 5.96. The van der Waals surface area contributed by atoms with Crippen LogP contribution in [0.2, 0.25) is 0 Å². The zero-order chi connectivity index (χ0) is 12.4. The number of ketones is 1. The first-order chi connectivity index (χ1) is 7.83. The molecule has 3 unspecified atom stereocenters. The van der Waals surface area contributed by atoms with Gasteiger partial charge in [0, 0.05) is 5.92 Å². The maximum Gasteiger partial charge on any atom is 0.159 e. The van der Waals surface area contributed by atoms with Gasteiger partial charge in [0.25, 0.3) is 0 Å². The zero-order valence-corrected chi connectivity index (χ0v) is 11.3. The van der Waals surface area contributed by atoms with Gasteiger partial charge in [-0.25, -0.2) is 0 Å². The highest BCUT2D eigenvalue weighted by atomic mass is 16.1. The zero-order valence-electron chi connectivity index (χ0n) is 11.3. The molecule has 3 aliphatic carbocycles. The van der Waals surface area contributed by atoms with E-state index in [9.17, 15) is 4.79 Å². The Morgan fingerprint density at radius 3 is 2.65 bits per heavy atom. The van der Waals surface area contributed by atoms with Crippen molar-refractivity contribution in [2.45, 2.75) is 40.5 Å². The molecule has 0 aliphatic heterocycles. The van der Waals surface area contributed by atoms with E-state index in [0.717, 1.165) is 0 Å². The predicted molar refractivity (Wildman–Crippen MR) is 69.5 cm³/mol. The van der Waals surface area contributed by atoms with Crippen LogP contribution in [0.25, 0.3) is 0 Å². The Hall–Kier alpha value is -0.850. The number of carbonyl (C=O) groups excluding carboxylic acids is 1. The van der Waals surface area contributed by atoms with Gasteiger partial charge in [0.15, 0.2) is 5.78 Å². The summed E-state index contributed by atoms with van der Waals surface area (Å²) in [6.07, 6.45) is 8.85. The normalized spacial score (nSPS) is 41.1. The van der Waals surface area contributed by atoms with Crippen molar-refractivity contribution in [1.29, 1.82) is 0 Å². The van der Waals surface area contributed by atoms with Gasteiger partial charge in [-0.05, 0) is 41.6 Å². The molecular weight excluding hydrogens is 208 g/mol. The lowest BCUT2D eigenvalue weighted by atomic mass is 9.69. The molecule has 17 heavy (non-hydrogen) atoms. The summed E-state index contributed by atoms with van der Waals surface area (Å²) in [4.78, 5) is 12.1.